The van der Waals surface area contributed by atoms with Gasteiger partial charge < -0.3 is 9.84 Å². The molecule has 0 aliphatic carbocycles. The molecule has 0 saturated carbocycles. The SMILES string of the molecule is OC1COCC1Cc1ccccn1. The molecule has 2 atom stereocenters. The van der Waals surface area contributed by atoms with Crippen molar-refractivity contribution in [3.63, 3.8) is 0 Å². The fourth-order valence-corrected chi connectivity index (χ4v) is 1.57. The van der Waals surface area contributed by atoms with Gasteiger partial charge in [-0.05, 0) is 18.6 Å². The van der Waals surface area contributed by atoms with E-state index in [1.165, 1.54) is 0 Å². The quantitative estimate of drug-likeness (QED) is 0.724. The third-order valence-corrected chi connectivity index (χ3v) is 2.36. The third-order valence-electron chi connectivity index (χ3n) is 2.36. The highest BCUT2D eigenvalue weighted by Gasteiger charge is 2.26. The molecule has 3 nitrogen and oxygen atoms in total. The van der Waals surface area contributed by atoms with Gasteiger partial charge in [-0.15, -0.1) is 0 Å². The number of aliphatic hydroxyl groups is 1. The fourth-order valence-electron chi connectivity index (χ4n) is 1.57. The molecule has 0 radical (unpaired) electrons. The first kappa shape index (κ1) is 8.66. The second-order valence-electron chi connectivity index (χ2n) is 3.39. The largest absolute Gasteiger partial charge is 0.390 e. The predicted molar refractivity (Wildman–Crippen MR) is 48.3 cm³/mol. The van der Waals surface area contributed by atoms with Crippen molar-refractivity contribution in [3.8, 4) is 0 Å². The Morgan fingerprint density at radius 3 is 3.00 bits per heavy atom. The summed E-state index contributed by atoms with van der Waals surface area (Å²) in [6.07, 6.45) is 2.27. The fraction of sp³-hybridized carbons (Fsp3) is 0.500. The van der Waals surface area contributed by atoms with E-state index in [9.17, 15) is 5.11 Å². The van der Waals surface area contributed by atoms with Crippen molar-refractivity contribution >= 4 is 0 Å². The molecule has 2 heterocycles. The summed E-state index contributed by atoms with van der Waals surface area (Å²) >= 11 is 0. The van der Waals surface area contributed by atoms with Gasteiger partial charge in [-0.25, -0.2) is 0 Å². The van der Waals surface area contributed by atoms with Gasteiger partial charge >= 0.3 is 0 Å². The van der Waals surface area contributed by atoms with E-state index in [4.69, 9.17) is 4.74 Å². The maximum Gasteiger partial charge on any atom is 0.0827 e. The van der Waals surface area contributed by atoms with Gasteiger partial charge in [0.2, 0.25) is 0 Å². The standard InChI is InChI=1S/C10H13NO2/c12-10-7-13-6-8(10)5-9-3-1-2-4-11-9/h1-4,8,10,12H,5-7H2. The Morgan fingerprint density at radius 2 is 2.38 bits per heavy atom. The summed E-state index contributed by atoms with van der Waals surface area (Å²) in [7, 11) is 0. The second kappa shape index (κ2) is 3.85. The Morgan fingerprint density at radius 1 is 1.46 bits per heavy atom. The first-order valence-corrected chi connectivity index (χ1v) is 4.52. The molecule has 0 amide bonds. The summed E-state index contributed by atoms with van der Waals surface area (Å²) in [5.41, 5.74) is 1.03. The Bertz CT molecular complexity index is 263. The summed E-state index contributed by atoms with van der Waals surface area (Å²) in [6.45, 7) is 1.12. The molecule has 2 rings (SSSR count). The second-order valence-corrected chi connectivity index (χ2v) is 3.39. The van der Waals surface area contributed by atoms with Gasteiger partial charge in [0.15, 0.2) is 0 Å². The van der Waals surface area contributed by atoms with Crippen LogP contribution < -0.4 is 0 Å². The van der Waals surface area contributed by atoms with Crippen molar-refractivity contribution in [1.82, 2.24) is 4.98 Å². The summed E-state index contributed by atoms with van der Waals surface area (Å²) in [5, 5.41) is 9.50. The lowest BCUT2D eigenvalue weighted by atomic mass is 10.00. The molecule has 2 unspecified atom stereocenters. The molecule has 0 spiro atoms. The minimum atomic E-state index is -0.318. The van der Waals surface area contributed by atoms with Gasteiger partial charge in [0.1, 0.15) is 0 Å². The molecule has 1 aliphatic rings. The van der Waals surface area contributed by atoms with E-state index in [1.54, 1.807) is 6.20 Å². The highest BCUT2D eigenvalue weighted by atomic mass is 16.5. The van der Waals surface area contributed by atoms with Crippen molar-refractivity contribution in [2.45, 2.75) is 12.5 Å². The maximum absolute atomic E-state index is 9.50. The maximum atomic E-state index is 9.50. The summed E-state index contributed by atoms with van der Waals surface area (Å²) in [6, 6.07) is 5.83. The summed E-state index contributed by atoms with van der Waals surface area (Å²) in [4.78, 5) is 4.21. The molecule has 70 valence electrons. The Hall–Kier alpha value is -0.930. The molecule has 1 aromatic rings. The molecule has 0 bridgehead atoms. The van der Waals surface area contributed by atoms with Crippen molar-refractivity contribution in [2.24, 2.45) is 5.92 Å². The average molecular weight is 179 g/mol. The van der Waals surface area contributed by atoms with E-state index in [2.05, 4.69) is 4.98 Å². The highest BCUT2D eigenvalue weighted by Crippen LogP contribution is 2.17. The van der Waals surface area contributed by atoms with Crippen molar-refractivity contribution in [1.29, 1.82) is 0 Å². The Labute approximate surface area is 77.4 Å². The minimum Gasteiger partial charge on any atom is -0.390 e. The van der Waals surface area contributed by atoms with Crippen LogP contribution in [0, 0.1) is 5.92 Å². The van der Waals surface area contributed by atoms with E-state index < -0.39 is 0 Å². The van der Waals surface area contributed by atoms with Crippen molar-refractivity contribution < 1.29 is 9.84 Å². The van der Waals surface area contributed by atoms with Crippen LogP contribution in [0.4, 0.5) is 0 Å². The molecule has 0 aromatic carbocycles. The zero-order chi connectivity index (χ0) is 9.10. The number of nitrogens with zero attached hydrogens (tertiary/aromatic N) is 1. The van der Waals surface area contributed by atoms with Gasteiger partial charge in [0.25, 0.3) is 0 Å². The van der Waals surface area contributed by atoms with E-state index in [0.29, 0.717) is 13.2 Å². The van der Waals surface area contributed by atoms with Crippen molar-refractivity contribution in [3.05, 3.63) is 30.1 Å². The number of aliphatic hydroxyl groups excluding tert-OH is 1. The van der Waals surface area contributed by atoms with Crippen LogP contribution in [0.1, 0.15) is 5.69 Å². The molecule has 1 fully saturated rings. The number of rotatable bonds is 2. The number of hydrogen-bond donors (Lipinski definition) is 1. The lowest BCUT2D eigenvalue weighted by Gasteiger charge is -2.10. The average Bonchev–Trinajstić information content (AvgIpc) is 2.54. The Balaban J connectivity index is 1.98. The van der Waals surface area contributed by atoms with E-state index in [-0.39, 0.29) is 12.0 Å². The molecule has 3 heteroatoms. The summed E-state index contributed by atoms with van der Waals surface area (Å²) in [5.74, 6) is 0.217. The van der Waals surface area contributed by atoms with Gasteiger partial charge in [-0.3, -0.25) is 4.98 Å². The number of aromatic nitrogens is 1. The summed E-state index contributed by atoms with van der Waals surface area (Å²) < 4.78 is 5.16. The monoisotopic (exact) mass is 179 g/mol. The van der Waals surface area contributed by atoms with Crippen LogP contribution in [0.5, 0.6) is 0 Å². The highest BCUT2D eigenvalue weighted by molar-refractivity contribution is 5.05. The lowest BCUT2D eigenvalue weighted by molar-refractivity contribution is 0.118. The van der Waals surface area contributed by atoms with E-state index in [1.807, 2.05) is 18.2 Å². The minimum absolute atomic E-state index is 0.217. The zero-order valence-electron chi connectivity index (χ0n) is 7.39. The number of hydrogen-bond acceptors (Lipinski definition) is 3. The van der Waals surface area contributed by atoms with Crippen LogP contribution in [-0.2, 0) is 11.2 Å². The van der Waals surface area contributed by atoms with Crippen LogP contribution in [0.2, 0.25) is 0 Å². The lowest BCUT2D eigenvalue weighted by Crippen LogP contribution is -2.20. The first-order valence-electron chi connectivity index (χ1n) is 4.52. The van der Waals surface area contributed by atoms with Crippen LogP contribution in [0.25, 0.3) is 0 Å². The third kappa shape index (κ3) is 2.05. The van der Waals surface area contributed by atoms with Gasteiger partial charge in [-0.2, -0.15) is 0 Å². The van der Waals surface area contributed by atoms with Crippen molar-refractivity contribution in [2.75, 3.05) is 13.2 Å². The predicted octanol–water partition coefficient (Wildman–Crippen LogP) is 0.631. The smallest absolute Gasteiger partial charge is 0.0827 e. The van der Waals surface area contributed by atoms with E-state index in [0.717, 1.165) is 12.1 Å². The normalized spacial score (nSPS) is 27.8. The van der Waals surface area contributed by atoms with Crippen LogP contribution in [0.15, 0.2) is 24.4 Å². The van der Waals surface area contributed by atoms with E-state index >= 15 is 0 Å². The van der Waals surface area contributed by atoms with Gasteiger partial charge in [0, 0.05) is 17.8 Å². The number of ether oxygens (including phenoxy) is 1. The molecule has 1 aromatic heterocycles. The molecule has 1 aliphatic heterocycles. The molecular weight excluding hydrogens is 166 g/mol. The molecule has 1 N–H and O–H groups in total. The number of pyridine rings is 1. The van der Waals surface area contributed by atoms with Crippen LogP contribution in [0.3, 0.4) is 0 Å². The van der Waals surface area contributed by atoms with Gasteiger partial charge in [-0.1, -0.05) is 6.07 Å². The van der Waals surface area contributed by atoms with Crippen LogP contribution >= 0.6 is 0 Å². The zero-order valence-corrected chi connectivity index (χ0v) is 7.39. The van der Waals surface area contributed by atoms with Crippen LogP contribution in [-0.4, -0.2) is 29.4 Å². The topological polar surface area (TPSA) is 42.4 Å². The molecular formula is C10H13NO2. The van der Waals surface area contributed by atoms with Gasteiger partial charge in [0.05, 0.1) is 19.3 Å². The molecule has 1 saturated heterocycles. The first-order chi connectivity index (χ1) is 6.36. The Kier molecular flexibility index (Phi) is 2.57. The molecule has 13 heavy (non-hydrogen) atoms.